The van der Waals surface area contributed by atoms with Crippen molar-refractivity contribution < 1.29 is 0 Å². The molecule has 0 aromatic carbocycles. The van der Waals surface area contributed by atoms with Gasteiger partial charge in [0.15, 0.2) is 5.11 Å². The minimum Gasteiger partial charge on any atom is -0.352 e. The monoisotopic (exact) mass is 403 g/mol. The first-order valence-electron chi connectivity index (χ1n) is 10.4. The second-order valence-corrected chi connectivity index (χ2v) is 8.22. The van der Waals surface area contributed by atoms with Crippen LogP contribution in [0.1, 0.15) is 55.6 Å². The van der Waals surface area contributed by atoms with Crippen LogP contribution in [-0.2, 0) is 0 Å². The molecule has 0 bridgehead atoms. The number of rotatable bonds is 4. The average molecular weight is 404 g/mol. The Morgan fingerprint density at radius 3 is 2.52 bits per heavy atom. The maximum Gasteiger partial charge on any atom is 0.170 e. The quantitative estimate of drug-likeness (QED) is 0.647. The lowest BCUT2D eigenvalue weighted by Gasteiger charge is -2.37. The largest absolute Gasteiger partial charge is 0.352 e. The van der Waals surface area contributed by atoms with Crippen molar-refractivity contribution in [3.8, 4) is 5.69 Å². The summed E-state index contributed by atoms with van der Waals surface area (Å²) < 4.78 is 2.26. The Morgan fingerprint density at radius 1 is 0.931 bits per heavy atom. The Balaban J connectivity index is 1.61. The van der Waals surface area contributed by atoms with E-state index < -0.39 is 0 Å². The van der Waals surface area contributed by atoms with Gasteiger partial charge in [-0.3, -0.25) is 9.97 Å². The molecule has 6 heteroatoms. The molecule has 2 atom stereocenters. The van der Waals surface area contributed by atoms with E-state index in [4.69, 9.17) is 12.2 Å². The second-order valence-electron chi connectivity index (χ2n) is 7.83. The number of hydrogen-bond acceptors (Lipinski definition) is 3. The highest BCUT2D eigenvalue weighted by Crippen LogP contribution is 2.43. The highest BCUT2D eigenvalue weighted by atomic mass is 32.1. The summed E-state index contributed by atoms with van der Waals surface area (Å²) in [6.07, 6.45) is 13.9. The molecule has 148 valence electrons. The minimum absolute atomic E-state index is 0.0288. The van der Waals surface area contributed by atoms with Crippen molar-refractivity contribution in [3.05, 3.63) is 78.6 Å². The number of aromatic nitrogens is 3. The number of nitrogens with one attached hydrogen (secondary N) is 1. The summed E-state index contributed by atoms with van der Waals surface area (Å²) in [5.41, 5.74) is 3.37. The molecule has 1 aliphatic heterocycles. The maximum absolute atomic E-state index is 5.88. The van der Waals surface area contributed by atoms with Crippen LogP contribution in [0.2, 0.25) is 0 Å². The molecule has 3 aromatic heterocycles. The molecule has 4 heterocycles. The Morgan fingerprint density at radius 2 is 1.76 bits per heavy atom. The summed E-state index contributed by atoms with van der Waals surface area (Å²) in [5.74, 6) is 0. The lowest BCUT2D eigenvalue weighted by Crippen LogP contribution is -2.40. The molecule has 5 rings (SSSR count). The lowest BCUT2D eigenvalue weighted by atomic mass is 9.92. The number of pyridine rings is 2. The average Bonchev–Trinajstić information content (AvgIpc) is 3.40. The van der Waals surface area contributed by atoms with Crippen LogP contribution in [0.4, 0.5) is 0 Å². The molecule has 0 spiro atoms. The number of thiocarbonyl (C=S) groups is 1. The van der Waals surface area contributed by atoms with E-state index in [1.54, 1.807) is 0 Å². The minimum atomic E-state index is 0.0288. The van der Waals surface area contributed by atoms with Gasteiger partial charge in [-0.05, 0) is 61.5 Å². The number of nitrogens with zero attached hydrogens (tertiary/aromatic N) is 4. The first-order valence-corrected chi connectivity index (χ1v) is 10.8. The standard InChI is InChI=1S/C23H25N5S/c29-23-26-21(19-9-4-5-13-25-19)22(28(23)18-7-2-1-3-8-18)20-10-6-16-27(20)17-11-14-24-15-12-17/h4-6,9-16,18,21-22H,1-3,7-8H2,(H,26,29)/t21-,22-/m1/s1. The highest BCUT2D eigenvalue weighted by Gasteiger charge is 2.44. The first-order chi connectivity index (χ1) is 14.3. The fraction of sp³-hybridized carbons (Fsp3) is 0.348. The summed E-state index contributed by atoms with van der Waals surface area (Å²) in [7, 11) is 0. The van der Waals surface area contributed by atoms with Crippen molar-refractivity contribution in [2.24, 2.45) is 0 Å². The van der Waals surface area contributed by atoms with Gasteiger partial charge >= 0.3 is 0 Å². The molecule has 0 amide bonds. The van der Waals surface area contributed by atoms with E-state index in [2.05, 4.69) is 55.2 Å². The van der Waals surface area contributed by atoms with Crippen LogP contribution in [-0.4, -0.2) is 30.6 Å². The molecule has 1 aliphatic carbocycles. The van der Waals surface area contributed by atoms with E-state index in [-0.39, 0.29) is 12.1 Å². The van der Waals surface area contributed by atoms with Crippen molar-refractivity contribution in [2.75, 3.05) is 0 Å². The molecule has 2 fully saturated rings. The van der Waals surface area contributed by atoms with Crippen LogP contribution in [0.25, 0.3) is 5.69 Å². The SMILES string of the molecule is S=C1N[C@H](c2ccccn2)[C@@H](c2cccn2-c2ccncc2)N1C1CCCCC1. The third-order valence-electron chi connectivity index (χ3n) is 6.13. The van der Waals surface area contributed by atoms with Gasteiger partial charge in [-0.1, -0.05) is 25.3 Å². The van der Waals surface area contributed by atoms with Crippen LogP contribution >= 0.6 is 12.2 Å². The molecule has 1 N–H and O–H groups in total. The van der Waals surface area contributed by atoms with Crippen molar-refractivity contribution >= 4 is 17.3 Å². The van der Waals surface area contributed by atoms with E-state index in [1.807, 2.05) is 36.8 Å². The Bertz CT molecular complexity index is 965. The van der Waals surface area contributed by atoms with Crippen molar-refractivity contribution in [2.45, 2.75) is 50.2 Å². The summed E-state index contributed by atoms with van der Waals surface area (Å²) in [5, 5.41) is 4.45. The number of hydrogen-bond donors (Lipinski definition) is 1. The summed E-state index contributed by atoms with van der Waals surface area (Å²) in [4.78, 5) is 11.3. The van der Waals surface area contributed by atoms with Crippen LogP contribution in [0, 0.1) is 0 Å². The van der Waals surface area contributed by atoms with Crippen molar-refractivity contribution in [1.29, 1.82) is 0 Å². The highest BCUT2D eigenvalue weighted by molar-refractivity contribution is 7.80. The normalized spacial score (nSPS) is 22.6. The third kappa shape index (κ3) is 3.42. The van der Waals surface area contributed by atoms with Gasteiger partial charge in [0.25, 0.3) is 0 Å². The fourth-order valence-corrected chi connectivity index (χ4v) is 5.20. The predicted octanol–water partition coefficient (Wildman–Crippen LogP) is 4.57. The van der Waals surface area contributed by atoms with Gasteiger partial charge in [0, 0.05) is 42.2 Å². The van der Waals surface area contributed by atoms with Gasteiger partial charge in [0.1, 0.15) is 0 Å². The lowest BCUT2D eigenvalue weighted by molar-refractivity contribution is 0.193. The first kappa shape index (κ1) is 18.3. The van der Waals surface area contributed by atoms with Crippen molar-refractivity contribution in [3.63, 3.8) is 0 Å². The summed E-state index contributed by atoms with van der Waals surface area (Å²) in [6, 6.07) is 15.1. The molecule has 2 aliphatic rings. The zero-order chi connectivity index (χ0) is 19.6. The summed E-state index contributed by atoms with van der Waals surface area (Å²) in [6.45, 7) is 0. The Hall–Kier alpha value is -2.73. The molecule has 0 unspecified atom stereocenters. The topological polar surface area (TPSA) is 46.0 Å². The zero-order valence-electron chi connectivity index (χ0n) is 16.3. The van der Waals surface area contributed by atoms with Gasteiger partial charge in [-0.2, -0.15) is 0 Å². The molecule has 29 heavy (non-hydrogen) atoms. The van der Waals surface area contributed by atoms with Crippen LogP contribution in [0.5, 0.6) is 0 Å². The van der Waals surface area contributed by atoms with Gasteiger partial charge in [-0.25, -0.2) is 0 Å². The van der Waals surface area contributed by atoms with Gasteiger partial charge in [0.05, 0.1) is 17.8 Å². The smallest absolute Gasteiger partial charge is 0.170 e. The molecule has 1 saturated carbocycles. The van der Waals surface area contributed by atoms with Gasteiger partial charge in [0.2, 0.25) is 0 Å². The zero-order valence-corrected chi connectivity index (χ0v) is 17.1. The van der Waals surface area contributed by atoms with Gasteiger partial charge in [-0.15, -0.1) is 0 Å². The molecular weight excluding hydrogens is 378 g/mol. The van der Waals surface area contributed by atoms with Crippen molar-refractivity contribution in [1.82, 2.24) is 24.8 Å². The molecule has 5 nitrogen and oxygen atoms in total. The fourth-order valence-electron chi connectivity index (χ4n) is 4.81. The van der Waals surface area contributed by atoms with Crippen LogP contribution in [0.15, 0.2) is 67.3 Å². The van der Waals surface area contributed by atoms with E-state index in [0.717, 1.165) is 16.5 Å². The molecule has 0 radical (unpaired) electrons. The van der Waals surface area contributed by atoms with E-state index in [1.165, 1.54) is 37.8 Å². The van der Waals surface area contributed by atoms with Crippen LogP contribution < -0.4 is 5.32 Å². The summed E-state index contributed by atoms with van der Waals surface area (Å²) >= 11 is 5.88. The predicted molar refractivity (Wildman–Crippen MR) is 118 cm³/mol. The van der Waals surface area contributed by atoms with Gasteiger partial charge < -0.3 is 14.8 Å². The Labute approximate surface area is 176 Å². The van der Waals surface area contributed by atoms with Crippen LogP contribution in [0.3, 0.4) is 0 Å². The van der Waals surface area contributed by atoms with E-state index >= 15 is 0 Å². The second kappa shape index (κ2) is 7.95. The molecule has 1 saturated heterocycles. The third-order valence-corrected chi connectivity index (χ3v) is 6.46. The maximum atomic E-state index is 5.88. The molecule has 3 aromatic rings. The molecular formula is C23H25N5S. The van der Waals surface area contributed by atoms with E-state index in [9.17, 15) is 0 Å². The Kier molecular flexibility index (Phi) is 5.02. The van der Waals surface area contributed by atoms with E-state index in [0.29, 0.717) is 6.04 Å².